The molecule has 104 valence electrons. The number of nitrogens with zero attached hydrogens (tertiary/aromatic N) is 4. The number of aryl methyl sites for hydroxylation is 1. The number of fused-ring (bicyclic) bond motifs is 1. The van der Waals surface area contributed by atoms with E-state index in [4.69, 9.17) is 11.6 Å². The second kappa shape index (κ2) is 4.85. The normalized spacial score (nSPS) is 11.7. The van der Waals surface area contributed by atoms with E-state index in [1.54, 1.807) is 18.5 Å². The van der Waals surface area contributed by atoms with Gasteiger partial charge >= 0.3 is 5.69 Å². The minimum Gasteiger partial charge on any atom is -0.324 e. The molecule has 0 spiro atoms. The Labute approximate surface area is 115 Å². The second-order valence-electron chi connectivity index (χ2n) is 4.69. The molecule has 2 aromatic rings. The number of hydrogen-bond donors (Lipinski definition) is 0. The predicted molar refractivity (Wildman–Crippen MR) is 74.9 cm³/mol. The Bertz CT molecular complexity index is 739. The fourth-order valence-electron chi connectivity index (χ4n) is 2.24. The van der Waals surface area contributed by atoms with Crippen molar-refractivity contribution in [3.05, 3.63) is 26.7 Å². The van der Waals surface area contributed by atoms with Crippen LogP contribution in [0.2, 0.25) is 0 Å². The molecular formula is C12H17ClN4O2. The van der Waals surface area contributed by atoms with E-state index in [1.807, 2.05) is 13.8 Å². The van der Waals surface area contributed by atoms with E-state index in [-0.39, 0.29) is 23.2 Å². The fourth-order valence-corrected chi connectivity index (χ4v) is 2.47. The lowest BCUT2D eigenvalue weighted by Gasteiger charge is -2.13. The number of rotatable bonds is 3. The first-order valence-corrected chi connectivity index (χ1v) is 6.74. The van der Waals surface area contributed by atoms with Crippen molar-refractivity contribution in [2.45, 2.75) is 39.2 Å². The van der Waals surface area contributed by atoms with Gasteiger partial charge in [-0.2, -0.15) is 0 Å². The van der Waals surface area contributed by atoms with Crippen molar-refractivity contribution >= 4 is 22.8 Å². The molecule has 19 heavy (non-hydrogen) atoms. The molecule has 2 aromatic heterocycles. The molecule has 0 saturated carbocycles. The highest BCUT2D eigenvalue weighted by atomic mass is 35.5. The maximum Gasteiger partial charge on any atom is 0.332 e. The summed E-state index contributed by atoms with van der Waals surface area (Å²) in [5, 5.41) is 0. The molecule has 2 heterocycles. The van der Waals surface area contributed by atoms with Crippen LogP contribution in [0.15, 0.2) is 9.59 Å². The van der Waals surface area contributed by atoms with Crippen LogP contribution in [-0.4, -0.2) is 18.7 Å². The van der Waals surface area contributed by atoms with Crippen molar-refractivity contribution in [3.8, 4) is 0 Å². The van der Waals surface area contributed by atoms with Gasteiger partial charge in [-0.1, -0.05) is 0 Å². The molecule has 0 radical (unpaired) electrons. The van der Waals surface area contributed by atoms with Gasteiger partial charge in [0, 0.05) is 19.6 Å². The Morgan fingerprint density at radius 3 is 2.42 bits per heavy atom. The third kappa shape index (κ3) is 1.90. The van der Waals surface area contributed by atoms with Crippen molar-refractivity contribution in [3.63, 3.8) is 0 Å². The van der Waals surface area contributed by atoms with Crippen LogP contribution >= 0.6 is 11.6 Å². The lowest BCUT2D eigenvalue weighted by Crippen LogP contribution is -2.40. The Kier molecular flexibility index (Phi) is 3.54. The highest BCUT2D eigenvalue weighted by Gasteiger charge is 2.20. The van der Waals surface area contributed by atoms with E-state index in [1.165, 1.54) is 9.13 Å². The van der Waals surface area contributed by atoms with Gasteiger partial charge in [0.25, 0.3) is 5.56 Å². The van der Waals surface area contributed by atoms with Gasteiger partial charge in [-0.05, 0) is 20.8 Å². The number of hydrogen-bond acceptors (Lipinski definition) is 3. The number of alkyl halides is 1. The van der Waals surface area contributed by atoms with Gasteiger partial charge in [0.15, 0.2) is 11.2 Å². The zero-order chi connectivity index (χ0) is 14.3. The Morgan fingerprint density at radius 2 is 1.95 bits per heavy atom. The maximum atomic E-state index is 12.4. The quantitative estimate of drug-likeness (QED) is 0.797. The topological polar surface area (TPSA) is 61.8 Å². The van der Waals surface area contributed by atoms with Gasteiger partial charge in [-0.3, -0.25) is 13.9 Å². The van der Waals surface area contributed by atoms with Gasteiger partial charge in [-0.25, -0.2) is 9.78 Å². The van der Waals surface area contributed by atoms with E-state index in [9.17, 15) is 9.59 Å². The molecule has 0 unspecified atom stereocenters. The first-order valence-electron chi connectivity index (χ1n) is 6.20. The molecule has 0 aromatic carbocycles. The van der Waals surface area contributed by atoms with Crippen molar-refractivity contribution < 1.29 is 0 Å². The number of imidazole rings is 1. The summed E-state index contributed by atoms with van der Waals surface area (Å²) in [6.45, 7) is 5.89. The maximum absolute atomic E-state index is 12.4. The first kappa shape index (κ1) is 13.9. The molecule has 0 fully saturated rings. The lowest BCUT2D eigenvalue weighted by atomic mass is 10.3. The molecule has 0 aliphatic heterocycles. The zero-order valence-corrected chi connectivity index (χ0v) is 12.2. The van der Waals surface area contributed by atoms with E-state index in [0.717, 1.165) is 0 Å². The monoisotopic (exact) mass is 284 g/mol. The van der Waals surface area contributed by atoms with Crippen LogP contribution in [0.5, 0.6) is 0 Å². The third-order valence-electron chi connectivity index (χ3n) is 3.23. The smallest absolute Gasteiger partial charge is 0.324 e. The van der Waals surface area contributed by atoms with Crippen molar-refractivity contribution in [2.75, 3.05) is 0 Å². The van der Waals surface area contributed by atoms with Crippen LogP contribution in [-0.2, 0) is 19.5 Å². The van der Waals surface area contributed by atoms with Crippen LogP contribution in [0.25, 0.3) is 11.2 Å². The SMILES string of the molecule is CCn1c(=O)c2c(nc(CCl)n2C)n(C(C)C)c1=O. The molecule has 0 amide bonds. The summed E-state index contributed by atoms with van der Waals surface area (Å²) in [5.74, 6) is 0.777. The molecule has 7 heteroatoms. The summed E-state index contributed by atoms with van der Waals surface area (Å²) in [4.78, 5) is 29.0. The molecule has 0 aliphatic rings. The highest BCUT2D eigenvalue weighted by molar-refractivity contribution is 6.16. The molecule has 6 nitrogen and oxygen atoms in total. The Hall–Kier alpha value is -1.56. The van der Waals surface area contributed by atoms with Gasteiger partial charge in [0.1, 0.15) is 5.82 Å². The molecular weight excluding hydrogens is 268 g/mol. The van der Waals surface area contributed by atoms with E-state index < -0.39 is 0 Å². The fraction of sp³-hybridized carbons (Fsp3) is 0.583. The number of halogens is 1. The van der Waals surface area contributed by atoms with Crippen molar-refractivity contribution in [1.82, 2.24) is 18.7 Å². The van der Waals surface area contributed by atoms with Crippen molar-refractivity contribution in [2.24, 2.45) is 7.05 Å². The number of aromatic nitrogens is 4. The summed E-state index contributed by atoms with van der Waals surface area (Å²) >= 11 is 5.82. The summed E-state index contributed by atoms with van der Waals surface area (Å²) < 4.78 is 4.42. The third-order valence-corrected chi connectivity index (χ3v) is 3.47. The van der Waals surface area contributed by atoms with Gasteiger partial charge < -0.3 is 4.57 Å². The summed E-state index contributed by atoms with van der Waals surface area (Å²) in [7, 11) is 1.74. The van der Waals surface area contributed by atoms with E-state index >= 15 is 0 Å². The molecule has 0 atom stereocenters. The minimum absolute atomic E-state index is 0.0773. The van der Waals surface area contributed by atoms with Crippen molar-refractivity contribution in [1.29, 1.82) is 0 Å². The van der Waals surface area contributed by atoms with Crippen LogP contribution in [0.4, 0.5) is 0 Å². The summed E-state index contributed by atoms with van der Waals surface area (Å²) in [6.07, 6.45) is 0. The van der Waals surface area contributed by atoms with Gasteiger partial charge in [0.2, 0.25) is 0 Å². The van der Waals surface area contributed by atoms with Crippen LogP contribution in [0.3, 0.4) is 0 Å². The van der Waals surface area contributed by atoms with E-state index in [2.05, 4.69) is 4.98 Å². The molecule has 0 bridgehead atoms. The van der Waals surface area contributed by atoms with Gasteiger partial charge in [0.05, 0.1) is 5.88 Å². The van der Waals surface area contributed by atoms with Gasteiger partial charge in [-0.15, -0.1) is 11.6 Å². The Morgan fingerprint density at radius 1 is 1.32 bits per heavy atom. The average Bonchev–Trinajstić information content (AvgIpc) is 2.66. The first-order chi connectivity index (χ1) is 8.93. The lowest BCUT2D eigenvalue weighted by molar-refractivity contribution is 0.533. The predicted octanol–water partition coefficient (Wildman–Crippen LogP) is 1.24. The summed E-state index contributed by atoms with van der Waals surface area (Å²) in [6, 6.07) is -0.0773. The molecule has 0 N–H and O–H groups in total. The molecule has 0 saturated heterocycles. The Balaban J connectivity index is 3.09. The van der Waals surface area contributed by atoms with Crippen LogP contribution in [0, 0.1) is 0 Å². The molecule has 0 aliphatic carbocycles. The van der Waals surface area contributed by atoms with E-state index in [0.29, 0.717) is 23.5 Å². The minimum atomic E-state index is -0.325. The zero-order valence-electron chi connectivity index (χ0n) is 11.5. The van der Waals surface area contributed by atoms with Crippen LogP contribution < -0.4 is 11.2 Å². The van der Waals surface area contributed by atoms with Crippen LogP contribution in [0.1, 0.15) is 32.6 Å². The molecule has 2 rings (SSSR count). The standard InChI is InChI=1S/C12H17ClN4O2/c1-5-16-11(18)9-10(14-8(6-13)15(9)4)17(7(2)3)12(16)19/h7H,5-6H2,1-4H3. The highest BCUT2D eigenvalue weighted by Crippen LogP contribution is 2.14. The largest absolute Gasteiger partial charge is 0.332 e. The second-order valence-corrected chi connectivity index (χ2v) is 4.96. The summed E-state index contributed by atoms with van der Waals surface area (Å²) in [5.41, 5.74) is 0.193. The average molecular weight is 285 g/mol.